The first kappa shape index (κ1) is 13.7. The summed E-state index contributed by atoms with van der Waals surface area (Å²) < 4.78 is 5.05. The summed E-state index contributed by atoms with van der Waals surface area (Å²) in [6, 6.07) is 0. The lowest BCUT2D eigenvalue weighted by Crippen LogP contribution is -2.12. The maximum atomic E-state index is 5.05. The second-order valence-electron chi connectivity index (χ2n) is 4.34. The van der Waals surface area contributed by atoms with Crippen LogP contribution in [0, 0.1) is 5.41 Å². The fraction of sp³-hybridized carbons (Fsp3) is 1.00. The lowest BCUT2D eigenvalue weighted by Gasteiger charge is -2.15. The van der Waals surface area contributed by atoms with E-state index in [1.165, 1.54) is 0 Å². The van der Waals surface area contributed by atoms with Gasteiger partial charge in [-0.1, -0.05) is 20.8 Å². The van der Waals surface area contributed by atoms with E-state index in [0.717, 1.165) is 17.1 Å². The van der Waals surface area contributed by atoms with Crippen molar-refractivity contribution in [2.45, 2.75) is 20.8 Å². The van der Waals surface area contributed by atoms with Gasteiger partial charge in [0.2, 0.25) is 0 Å². The molecule has 0 aromatic heterocycles. The predicted octanol–water partition coefficient (Wildman–Crippen LogP) is 0.507. The molecule has 0 aliphatic rings. The van der Waals surface area contributed by atoms with Crippen LogP contribution in [0.25, 0.3) is 0 Å². The summed E-state index contributed by atoms with van der Waals surface area (Å²) >= 11 is 0. The SMILES string of the molecule is CC(C)(C)CO[SiH3].CN(C)C. The summed E-state index contributed by atoms with van der Waals surface area (Å²) in [6.07, 6.45) is 0. The van der Waals surface area contributed by atoms with Gasteiger partial charge in [0.15, 0.2) is 0 Å². The van der Waals surface area contributed by atoms with Gasteiger partial charge in [0, 0.05) is 6.61 Å². The minimum absolute atomic E-state index is 0.363. The first-order valence-electron chi connectivity index (χ1n) is 3.89. The molecule has 0 heterocycles. The Hall–Kier alpha value is 0.137. The van der Waals surface area contributed by atoms with Crippen molar-refractivity contribution in [2.75, 3.05) is 27.7 Å². The maximum Gasteiger partial charge on any atom is 0.145 e. The van der Waals surface area contributed by atoms with Gasteiger partial charge in [-0.15, -0.1) is 0 Å². The third kappa shape index (κ3) is 39.2. The molecule has 0 spiro atoms. The van der Waals surface area contributed by atoms with Gasteiger partial charge >= 0.3 is 0 Å². The van der Waals surface area contributed by atoms with E-state index in [2.05, 4.69) is 20.8 Å². The minimum Gasteiger partial charge on any atom is -0.427 e. The van der Waals surface area contributed by atoms with Crippen molar-refractivity contribution in [3.05, 3.63) is 0 Å². The van der Waals surface area contributed by atoms with Crippen molar-refractivity contribution in [3.63, 3.8) is 0 Å². The average Bonchev–Trinajstić information content (AvgIpc) is 1.58. The molecule has 3 heteroatoms. The largest absolute Gasteiger partial charge is 0.427 e. The van der Waals surface area contributed by atoms with Gasteiger partial charge in [-0.05, 0) is 26.6 Å². The van der Waals surface area contributed by atoms with Crippen molar-refractivity contribution >= 4 is 10.5 Å². The molecule has 70 valence electrons. The third-order valence-electron chi connectivity index (χ3n) is 0.577. The molecule has 0 aromatic rings. The Labute approximate surface area is 74.5 Å². The van der Waals surface area contributed by atoms with Crippen LogP contribution in [0.5, 0.6) is 0 Å². The smallest absolute Gasteiger partial charge is 0.145 e. The van der Waals surface area contributed by atoms with Crippen molar-refractivity contribution < 1.29 is 4.43 Å². The summed E-state index contributed by atoms with van der Waals surface area (Å²) in [7, 11) is 6.87. The molecule has 0 aromatic carbocycles. The van der Waals surface area contributed by atoms with Gasteiger partial charge in [0.05, 0.1) is 0 Å². The number of nitrogens with zero attached hydrogens (tertiary/aromatic N) is 1. The zero-order valence-corrected chi connectivity index (χ0v) is 11.1. The normalized spacial score (nSPS) is 11.2. The van der Waals surface area contributed by atoms with Crippen molar-refractivity contribution in [1.29, 1.82) is 0 Å². The van der Waals surface area contributed by atoms with Crippen molar-refractivity contribution in [2.24, 2.45) is 5.41 Å². The first-order valence-corrected chi connectivity index (χ1v) is 4.71. The lowest BCUT2D eigenvalue weighted by molar-refractivity contribution is 0.213. The summed E-state index contributed by atoms with van der Waals surface area (Å²) in [4.78, 5) is 2.00. The molecule has 0 saturated heterocycles. The van der Waals surface area contributed by atoms with Crippen LogP contribution in [0.15, 0.2) is 0 Å². The molecule has 0 atom stereocenters. The molecule has 0 N–H and O–H groups in total. The van der Waals surface area contributed by atoms with Gasteiger partial charge < -0.3 is 9.33 Å². The van der Waals surface area contributed by atoms with Gasteiger partial charge in [-0.25, -0.2) is 0 Å². The molecule has 0 amide bonds. The van der Waals surface area contributed by atoms with E-state index >= 15 is 0 Å². The highest BCUT2D eigenvalue weighted by molar-refractivity contribution is 5.97. The number of rotatable bonds is 1. The molecule has 0 unspecified atom stereocenters. The quantitative estimate of drug-likeness (QED) is 0.541. The van der Waals surface area contributed by atoms with E-state index in [1.807, 2.05) is 26.0 Å². The molecular formula is C8H23NOSi. The fourth-order valence-electron chi connectivity index (χ4n) is 0.433. The molecule has 0 radical (unpaired) electrons. The Morgan fingerprint density at radius 1 is 1.18 bits per heavy atom. The maximum absolute atomic E-state index is 5.05. The van der Waals surface area contributed by atoms with Gasteiger partial charge in [0.25, 0.3) is 0 Å². The monoisotopic (exact) mass is 177 g/mol. The molecule has 0 bridgehead atoms. The Bertz CT molecular complexity index is 75.9. The Balaban J connectivity index is 0. The zero-order chi connectivity index (χ0) is 9.49. The van der Waals surface area contributed by atoms with E-state index in [4.69, 9.17) is 4.43 Å². The van der Waals surface area contributed by atoms with E-state index in [9.17, 15) is 0 Å². The fourth-order valence-corrected chi connectivity index (χ4v) is 1.30. The predicted molar refractivity (Wildman–Crippen MR) is 55.0 cm³/mol. The highest BCUT2D eigenvalue weighted by Gasteiger charge is 2.06. The number of hydrogen-bond acceptors (Lipinski definition) is 2. The van der Waals surface area contributed by atoms with Crippen LogP contribution in [-0.4, -0.2) is 43.1 Å². The van der Waals surface area contributed by atoms with Crippen LogP contribution < -0.4 is 0 Å². The summed E-state index contributed by atoms with van der Waals surface area (Å²) in [5.41, 5.74) is 0.363. The van der Waals surface area contributed by atoms with E-state index in [-0.39, 0.29) is 0 Å². The minimum atomic E-state index is 0.363. The number of hydrogen-bond donors (Lipinski definition) is 0. The Morgan fingerprint density at radius 2 is 1.45 bits per heavy atom. The van der Waals surface area contributed by atoms with Crippen LogP contribution in [-0.2, 0) is 4.43 Å². The molecule has 0 aliphatic heterocycles. The van der Waals surface area contributed by atoms with Crippen LogP contribution in [0.1, 0.15) is 20.8 Å². The van der Waals surface area contributed by atoms with Crippen molar-refractivity contribution in [1.82, 2.24) is 4.90 Å². The molecule has 0 aliphatic carbocycles. The molecule has 0 rings (SSSR count). The summed E-state index contributed by atoms with van der Waals surface area (Å²) in [5, 5.41) is 0. The molecule has 2 nitrogen and oxygen atoms in total. The molecule has 0 saturated carbocycles. The standard InChI is InChI=1S/C5H14OSi.C3H9N/c1-5(2,3)4-6-7;1-4(2)3/h4H2,1-3,7H3;1-3H3. The van der Waals surface area contributed by atoms with E-state index < -0.39 is 0 Å². The summed E-state index contributed by atoms with van der Waals surface area (Å²) in [5.74, 6) is 0. The van der Waals surface area contributed by atoms with E-state index in [1.54, 1.807) is 0 Å². The summed E-state index contributed by atoms with van der Waals surface area (Å²) in [6.45, 7) is 7.42. The third-order valence-corrected chi connectivity index (χ3v) is 0.866. The average molecular weight is 177 g/mol. The Morgan fingerprint density at radius 3 is 1.45 bits per heavy atom. The van der Waals surface area contributed by atoms with Crippen LogP contribution in [0.3, 0.4) is 0 Å². The zero-order valence-electron chi connectivity index (χ0n) is 9.06. The second-order valence-corrected chi connectivity index (χ2v) is 4.91. The molecule has 0 fully saturated rings. The molecule has 11 heavy (non-hydrogen) atoms. The van der Waals surface area contributed by atoms with Crippen LogP contribution in [0.4, 0.5) is 0 Å². The lowest BCUT2D eigenvalue weighted by atomic mass is 9.99. The van der Waals surface area contributed by atoms with E-state index in [0.29, 0.717) is 5.41 Å². The van der Waals surface area contributed by atoms with Gasteiger partial charge in [0.1, 0.15) is 10.5 Å². The highest BCUT2D eigenvalue weighted by atomic mass is 28.2. The highest BCUT2D eigenvalue weighted by Crippen LogP contribution is 2.11. The first-order chi connectivity index (χ1) is 4.79. The van der Waals surface area contributed by atoms with Gasteiger partial charge in [-0.2, -0.15) is 0 Å². The topological polar surface area (TPSA) is 12.5 Å². The Kier molecular flexibility index (Phi) is 8.50. The van der Waals surface area contributed by atoms with Crippen LogP contribution >= 0.6 is 0 Å². The van der Waals surface area contributed by atoms with Crippen LogP contribution in [0.2, 0.25) is 0 Å². The second kappa shape index (κ2) is 6.82. The molecular weight excluding hydrogens is 154 g/mol. The van der Waals surface area contributed by atoms with Gasteiger partial charge in [-0.3, -0.25) is 0 Å². The van der Waals surface area contributed by atoms with Crippen molar-refractivity contribution in [3.8, 4) is 0 Å².